The Kier molecular flexibility index (Phi) is 6.97. The van der Waals surface area contributed by atoms with Crippen LogP contribution >= 0.6 is 0 Å². The third kappa shape index (κ3) is 4.73. The number of hydrogen-bond acceptors (Lipinski definition) is 5. The molecule has 26 heavy (non-hydrogen) atoms. The van der Waals surface area contributed by atoms with E-state index in [1.54, 1.807) is 44.4 Å². The van der Waals surface area contributed by atoms with Gasteiger partial charge in [-0.1, -0.05) is 18.2 Å². The van der Waals surface area contributed by atoms with Gasteiger partial charge in [0.15, 0.2) is 11.6 Å². The quantitative estimate of drug-likeness (QED) is 0.727. The Hall–Kier alpha value is -2.60. The third-order valence-corrected chi connectivity index (χ3v) is 4.13. The molecule has 2 atom stereocenters. The van der Waals surface area contributed by atoms with Crippen molar-refractivity contribution in [2.45, 2.75) is 25.4 Å². The molecule has 2 unspecified atom stereocenters. The minimum Gasteiger partial charge on any atom is -0.497 e. The average molecular weight is 362 g/mol. The van der Waals surface area contributed by atoms with E-state index in [0.29, 0.717) is 16.9 Å². The van der Waals surface area contributed by atoms with E-state index in [1.807, 2.05) is 0 Å². The Labute approximate surface area is 152 Å². The van der Waals surface area contributed by atoms with Gasteiger partial charge >= 0.3 is 5.97 Å². The van der Waals surface area contributed by atoms with Crippen LogP contribution < -0.4 is 9.47 Å². The van der Waals surface area contributed by atoms with E-state index in [2.05, 4.69) is 0 Å². The summed E-state index contributed by atoms with van der Waals surface area (Å²) in [5.41, 5.74) is 1.08. The molecule has 0 amide bonds. The first-order chi connectivity index (χ1) is 12.5. The van der Waals surface area contributed by atoms with Crippen LogP contribution in [0.25, 0.3) is 0 Å². The smallest absolute Gasteiger partial charge is 0.306 e. The summed E-state index contributed by atoms with van der Waals surface area (Å²) < 4.78 is 29.2. The van der Waals surface area contributed by atoms with E-state index in [-0.39, 0.29) is 18.8 Å². The Morgan fingerprint density at radius 3 is 2.27 bits per heavy atom. The summed E-state index contributed by atoms with van der Waals surface area (Å²) >= 11 is 0. The zero-order valence-electron chi connectivity index (χ0n) is 15.1. The highest BCUT2D eigenvalue weighted by Crippen LogP contribution is 2.36. The Morgan fingerprint density at radius 1 is 1.08 bits per heavy atom. The van der Waals surface area contributed by atoms with Gasteiger partial charge in [-0.05, 0) is 42.3 Å². The van der Waals surface area contributed by atoms with Crippen LogP contribution in [-0.4, -0.2) is 31.9 Å². The number of carbonyl (C=O) groups excluding carboxylic acids is 1. The number of carbonyl (C=O) groups is 1. The summed E-state index contributed by atoms with van der Waals surface area (Å²) in [5, 5.41) is 10.8. The number of ether oxygens (including phenoxy) is 3. The highest BCUT2D eigenvalue weighted by molar-refractivity contribution is 5.70. The summed E-state index contributed by atoms with van der Waals surface area (Å²) in [4.78, 5) is 12.0. The molecule has 0 radical (unpaired) electrons. The molecule has 0 bridgehead atoms. The molecule has 0 saturated carbocycles. The monoisotopic (exact) mass is 362 g/mol. The number of benzene rings is 2. The van der Waals surface area contributed by atoms with Gasteiger partial charge in [0.05, 0.1) is 33.4 Å². The molecule has 0 spiro atoms. The molecule has 1 N–H and O–H groups in total. The molecule has 0 heterocycles. The maximum Gasteiger partial charge on any atom is 0.306 e. The van der Waals surface area contributed by atoms with Crippen LogP contribution in [0.5, 0.6) is 11.5 Å². The van der Waals surface area contributed by atoms with E-state index < -0.39 is 23.8 Å². The predicted octanol–water partition coefficient (Wildman–Crippen LogP) is 3.61. The minimum absolute atomic E-state index is 0.0766. The molecule has 2 rings (SSSR count). The standard InChI is InChI=1S/C20H23FO5/c1-4-26-19(22)12-16(14-7-10-18(25-3)17(21)11-14)20(23)13-5-8-15(24-2)9-6-13/h5-11,16,20,23H,4,12H2,1-3H3. The van der Waals surface area contributed by atoms with Crippen LogP contribution in [0, 0.1) is 5.82 Å². The van der Waals surface area contributed by atoms with Gasteiger partial charge in [-0.3, -0.25) is 4.79 Å². The molecule has 0 aliphatic heterocycles. The van der Waals surface area contributed by atoms with Gasteiger partial charge in [-0.2, -0.15) is 0 Å². The van der Waals surface area contributed by atoms with E-state index >= 15 is 0 Å². The summed E-state index contributed by atoms with van der Waals surface area (Å²) in [7, 11) is 2.93. The Balaban J connectivity index is 2.35. The average Bonchev–Trinajstić information content (AvgIpc) is 2.66. The van der Waals surface area contributed by atoms with Crippen molar-refractivity contribution in [3.63, 3.8) is 0 Å². The van der Waals surface area contributed by atoms with Crippen LogP contribution in [0.15, 0.2) is 42.5 Å². The van der Waals surface area contributed by atoms with Crippen molar-refractivity contribution in [1.82, 2.24) is 0 Å². The molecule has 0 aliphatic rings. The molecule has 2 aromatic carbocycles. The number of esters is 1. The van der Waals surface area contributed by atoms with Crippen molar-refractivity contribution in [3.8, 4) is 11.5 Å². The van der Waals surface area contributed by atoms with Gasteiger partial charge in [0.25, 0.3) is 0 Å². The normalized spacial score (nSPS) is 13.0. The predicted molar refractivity (Wildman–Crippen MR) is 94.9 cm³/mol. The molecule has 5 nitrogen and oxygen atoms in total. The number of hydrogen-bond donors (Lipinski definition) is 1. The van der Waals surface area contributed by atoms with Gasteiger partial charge in [0.2, 0.25) is 0 Å². The first kappa shape index (κ1) is 19.7. The van der Waals surface area contributed by atoms with Crippen LogP contribution in [0.2, 0.25) is 0 Å². The van der Waals surface area contributed by atoms with E-state index in [1.165, 1.54) is 19.2 Å². The van der Waals surface area contributed by atoms with Crippen molar-refractivity contribution in [3.05, 3.63) is 59.4 Å². The van der Waals surface area contributed by atoms with Gasteiger partial charge in [-0.25, -0.2) is 4.39 Å². The van der Waals surface area contributed by atoms with E-state index in [9.17, 15) is 14.3 Å². The molecule has 2 aromatic rings. The molecular formula is C20H23FO5. The number of aliphatic hydroxyl groups excluding tert-OH is 1. The molecular weight excluding hydrogens is 339 g/mol. The molecule has 0 aromatic heterocycles. The maximum absolute atomic E-state index is 14.1. The Morgan fingerprint density at radius 2 is 1.73 bits per heavy atom. The van der Waals surface area contributed by atoms with Crippen molar-refractivity contribution in [2.24, 2.45) is 0 Å². The summed E-state index contributed by atoms with van der Waals surface area (Å²) in [6.07, 6.45) is -1.09. The van der Waals surface area contributed by atoms with Crippen molar-refractivity contribution < 1.29 is 28.5 Å². The molecule has 0 saturated heterocycles. The first-order valence-corrected chi connectivity index (χ1v) is 8.31. The molecule has 6 heteroatoms. The van der Waals surface area contributed by atoms with Crippen LogP contribution in [0.3, 0.4) is 0 Å². The second-order valence-corrected chi connectivity index (χ2v) is 5.73. The zero-order valence-corrected chi connectivity index (χ0v) is 15.1. The Bertz CT molecular complexity index is 729. The van der Waals surface area contributed by atoms with Crippen LogP contribution in [-0.2, 0) is 9.53 Å². The largest absolute Gasteiger partial charge is 0.497 e. The summed E-state index contributed by atoms with van der Waals surface area (Å²) in [6, 6.07) is 11.2. The van der Waals surface area contributed by atoms with Gasteiger partial charge < -0.3 is 19.3 Å². The summed E-state index contributed by atoms with van der Waals surface area (Å²) in [5.74, 6) is -0.925. The molecule has 140 valence electrons. The van der Waals surface area contributed by atoms with Crippen molar-refractivity contribution in [2.75, 3.05) is 20.8 Å². The lowest BCUT2D eigenvalue weighted by Gasteiger charge is -2.23. The van der Waals surface area contributed by atoms with Crippen LogP contribution in [0.4, 0.5) is 4.39 Å². The van der Waals surface area contributed by atoms with Gasteiger partial charge in [0.1, 0.15) is 5.75 Å². The maximum atomic E-state index is 14.1. The lowest BCUT2D eigenvalue weighted by atomic mass is 9.86. The zero-order chi connectivity index (χ0) is 19.1. The fourth-order valence-corrected chi connectivity index (χ4v) is 2.76. The fraction of sp³-hybridized carbons (Fsp3) is 0.350. The highest BCUT2D eigenvalue weighted by atomic mass is 19.1. The van der Waals surface area contributed by atoms with E-state index in [0.717, 1.165) is 0 Å². The highest BCUT2D eigenvalue weighted by Gasteiger charge is 2.27. The second kappa shape index (κ2) is 9.20. The van der Waals surface area contributed by atoms with Crippen LogP contribution in [0.1, 0.15) is 36.5 Å². The lowest BCUT2D eigenvalue weighted by Crippen LogP contribution is -2.17. The SMILES string of the molecule is CCOC(=O)CC(c1ccc(OC)c(F)c1)C(O)c1ccc(OC)cc1. The molecule has 0 aliphatic carbocycles. The lowest BCUT2D eigenvalue weighted by molar-refractivity contribution is -0.144. The minimum atomic E-state index is -1.02. The fourth-order valence-electron chi connectivity index (χ4n) is 2.76. The van der Waals surface area contributed by atoms with Gasteiger partial charge in [-0.15, -0.1) is 0 Å². The van der Waals surface area contributed by atoms with E-state index in [4.69, 9.17) is 14.2 Å². The third-order valence-electron chi connectivity index (χ3n) is 4.13. The van der Waals surface area contributed by atoms with Gasteiger partial charge in [0, 0.05) is 5.92 Å². The van der Waals surface area contributed by atoms with Crippen molar-refractivity contribution in [1.29, 1.82) is 0 Å². The molecule has 0 fully saturated rings. The van der Waals surface area contributed by atoms with Crippen molar-refractivity contribution >= 4 is 5.97 Å². The number of rotatable bonds is 8. The number of methoxy groups -OCH3 is 2. The summed E-state index contributed by atoms with van der Waals surface area (Å²) in [6.45, 7) is 1.95. The number of halogens is 1. The first-order valence-electron chi connectivity index (χ1n) is 8.31. The number of aliphatic hydroxyl groups is 1. The second-order valence-electron chi connectivity index (χ2n) is 5.73. The topological polar surface area (TPSA) is 65.0 Å².